The van der Waals surface area contributed by atoms with Gasteiger partial charge in [-0.3, -0.25) is 0 Å². The molecule has 0 saturated carbocycles. The number of aromatic nitrogens is 2. The molecule has 1 aromatic heterocycles. The average molecular weight is 291 g/mol. The summed E-state index contributed by atoms with van der Waals surface area (Å²) < 4.78 is 3.08. The van der Waals surface area contributed by atoms with Crippen molar-refractivity contribution in [2.75, 3.05) is 0 Å². The Morgan fingerprint density at radius 2 is 2.00 bits per heavy atom. The zero-order valence-corrected chi connectivity index (χ0v) is 11.7. The van der Waals surface area contributed by atoms with Crippen molar-refractivity contribution >= 4 is 15.9 Å². The maximum atomic E-state index is 4.46. The molecule has 2 aromatic rings. The zero-order chi connectivity index (χ0) is 12.0. The minimum atomic E-state index is 0.940. The van der Waals surface area contributed by atoms with Crippen LogP contribution in [0, 0.1) is 6.92 Å². The Hall–Kier alpha value is -1.09. The largest absolute Gasteiger partial charge is 0.330 e. The van der Waals surface area contributed by atoms with Crippen molar-refractivity contribution in [3.8, 4) is 11.3 Å². The summed E-state index contributed by atoms with van der Waals surface area (Å²) in [4.78, 5) is 4.46. The van der Waals surface area contributed by atoms with E-state index >= 15 is 0 Å². The van der Waals surface area contributed by atoms with Crippen LogP contribution in [0.3, 0.4) is 0 Å². The SMILES string of the molecule is Cc1nc(Br)c(-c2ccc3c(c2)CCC3)n1C. The number of hydrogen-bond donors (Lipinski definition) is 0. The molecular formula is C14H15BrN2. The molecule has 1 aliphatic carbocycles. The molecule has 0 fully saturated rings. The van der Waals surface area contributed by atoms with Crippen LogP contribution in [0.25, 0.3) is 11.3 Å². The fraction of sp³-hybridized carbons (Fsp3) is 0.357. The van der Waals surface area contributed by atoms with Gasteiger partial charge >= 0.3 is 0 Å². The van der Waals surface area contributed by atoms with Gasteiger partial charge in [-0.15, -0.1) is 0 Å². The number of rotatable bonds is 1. The second kappa shape index (κ2) is 3.98. The minimum absolute atomic E-state index is 0.940. The molecule has 0 unspecified atom stereocenters. The molecule has 88 valence electrons. The van der Waals surface area contributed by atoms with Crippen LogP contribution in [0.15, 0.2) is 22.8 Å². The molecule has 0 spiro atoms. The minimum Gasteiger partial charge on any atom is -0.330 e. The predicted molar refractivity (Wildman–Crippen MR) is 73.1 cm³/mol. The first kappa shape index (κ1) is 11.0. The highest BCUT2D eigenvalue weighted by atomic mass is 79.9. The van der Waals surface area contributed by atoms with Crippen molar-refractivity contribution in [2.45, 2.75) is 26.2 Å². The highest BCUT2D eigenvalue weighted by Gasteiger charge is 2.16. The maximum Gasteiger partial charge on any atom is 0.132 e. The molecule has 0 bridgehead atoms. The van der Waals surface area contributed by atoms with E-state index in [2.05, 4.69) is 50.7 Å². The van der Waals surface area contributed by atoms with E-state index in [1.54, 1.807) is 0 Å². The first-order valence-electron chi connectivity index (χ1n) is 5.98. The van der Waals surface area contributed by atoms with E-state index < -0.39 is 0 Å². The summed E-state index contributed by atoms with van der Waals surface area (Å²) in [6.07, 6.45) is 3.75. The molecule has 17 heavy (non-hydrogen) atoms. The van der Waals surface area contributed by atoms with Gasteiger partial charge in [-0.2, -0.15) is 0 Å². The Bertz CT molecular complexity index is 584. The van der Waals surface area contributed by atoms with Crippen molar-refractivity contribution in [1.29, 1.82) is 0 Å². The quantitative estimate of drug-likeness (QED) is 0.784. The highest BCUT2D eigenvalue weighted by Crippen LogP contribution is 2.32. The van der Waals surface area contributed by atoms with Crippen molar-refractivity contribution in [1.82, 2.24) is 9.55 Å². The van der Waals surface area contributed by atoms with Gasteiger partial charge < -0.3 is 4.57 Å². The second-order valence-corrected chi connectivity index (χ2v) is 5.45. The lowest BCUT2D eigenvalue weighted by atomic mass is 10.0. The van der Waals surface area contributed by atoms with Crippen LogP contribution >= 0.6 is 15.9 Å². The molecule has 3 rings (SSSR count). The van der Waals surface area contributed by atoms with E-state index in [0.29, 0.717) is 0 Å². The first-order chi connectivity index (χ1) is 8.16. The van der Waals surface area contributed by atoms with E-state index in [4.69, 9.17) is 0 Å². The zero-order valence-electron chi connectivity index (χ0n) is 10.1. The summed E-state index contributed by atoms with van der Waals surface area (Å²) in [6, 6.07) is 6.81. The fourth-order valence-corrected chi connectivity index (χ4v) is 3.35. The molecule has 0 aliphatic heterocycles. The number of imidazole rings is 1. The Morgan fingerprint density at radius 1 is 1.24 bits per heavy atom. The molecule has 0 N–H and O–H groups in total. The number of halogens is 1. The van der Waals surface area contributed by atoms with Crippen molar-refractivity contribution in [2.24, 2.45) is 7.05 Å². The number of fused-ring (bicyclic) bond motifs is 1. The summed E-state index contributed by atoms with van der Waals surface area (Å²) in [5.74, 6) is 1.03. The fourth-order valence-electron chi connectivity index (χ4n) is 2.60. The van der Waals surface area contributed by atoms with Crippen LogP contribution in [-0.4, -0.2) is 9.55 Å². The maximum absolute atomic E-state index is 4.46. The Morgan fingerprint density at radius 3 is 2.71 bits per heavy atom. The van der Waals surface area contributed by atoms with E-state index in [1.807, 2.05) is 6.92 Å². The second-order valence-electron chi connectivity index (χ2n) is 4.69. The van der Waals surface area contributed by atoms with Crippen LogP contribution in [0.5, 0.6) is 0 Å². The van der Waals surface area contributed by atoms with Crippen molar-refractivity contribution in [3.05, 3.63) is 39.8 Å². The van der Waals surface area contributed by atoms with Gasteiger partial charge in [-0.1, -0.05) is 12.1 Å². The predicted octanol–water partition coefficient (Wildman–Crippen LogP) is 3.65. The van der Waals surface area contributed by atoms with Gasteiger partial charge in [-0.05, 0) is 59.3 Å². The smallest absolute Gasteiger partial charge is 0.132 e. The van der Waals surface area contributed by atoms with Gasteiger partial charge in [0, 0.05) is 12.6 Å². The van der Waals surface area contributed by atoms with Crippen molar-refractivity contribution < 1.29 is 0 Å². The van der Waals surface area contributed by atoms with E-state index in [-0.39, 0.29) is 0 Å². The standard InChI is InChI=1S/C14H15BrN2/c1-9-16-14(15)13(17(9)2)12-7-6-10-4-3-5-11(10)8-12/h6-8H,3-5H2,1-2H3. The monoisotopic (exact) mass is 290 g/mol. The van der Waals surface area contributed by atoms with E-state index in [0.717, 1.165) is 10.4 Å². The molecule has 1 heterocycles. The molecular weight excluding hydrogens is 276 g/mol. The van der Waals surface area contributed by atoms with Gasteiger partial charge in [0.2, 0.25) is 0 Å². The third-order valence-corrected chi connectivity index (χ3v) is 4.20. The van der Waals surface area contributed by atoms with Crippen LogP contribution in [-0.2, 0) is 19.9 Å². The molecule has 0 radical (unpaired) electrons. The summed E-state index contributed by atoms with van der Waals surface area (Å²) >= 11 is 3.55. The molecule has 1 aliphatic rings. The van der Waals surface area contributed by atoms with E-state index in [9.17, 15) is 0 Å². The molecule has 3 heteroatoms. The third-order valence-electron chi connectivity index (χ3n) is 3.65. The number of benzene rings is 1. The Kier molecular flexibility index (Phi) is 2.58. The lowest BCUT2D eigenvalue weighted by Gasteiger charge is -2.07. The molecule has 1 aromatic carbocycles. The highest BCUT2D eigenvalue weighted by molar-refractivity contribution is 9.10. The first-order valence-corrected chi connectivity index (χ1v) is 6.77. The molecule has 0 amide bonds. The molecule has 2 nitrogen and oxygen atoms in total. The van der Waals surface area contributed by atoms with Gasteiger partial charge in [0.15, 0.2) is 0 Å². The number of aryl methyl sites for hydroxylation is 3. The summed E-state index contributed by atoms with van der Waals surface area (Å²) in [5, 5.41) is 0. The average Bonchev–Trinajstić information content (AvgIpc) is 2.84. The summed E-state index contributed by atoms with van der Waals surface area (Å²) in [6.45, 7) is 2.03. The molecule has 0 atom stereocenters. The van der Waals surface area contributed by atoms with Crippen LogP contribution in [0.2, 0.25) is 0 Å². The number of nitrogens with zero attached hydrogens (tertiary/aromatic N) is 2. The van der Waals surface area contributed by atoms with Gasteiger partial charge in [0.25, 0.3) is 0 Å². The molecule has 0 saturated heterocycles. The topological polar surface area (TPSA) is 17.8 Å². The Labute approximate surface area is 110 Å². The third kappa shape index (κ3) is 1.73. The van der Waals surface area contributed by atoms with Gasteiger partial charge in [-0.25, -0.2) is 4.98 Å². The van der Waals surface area contributed by atoms with Gasteiger partial charge in [0.05, 0.1) is 5.69 Å². The lowest BCUT2D eigenvalue weighted by molar-refractivity contribution is 0.865. The summed E-state index contributed by atoms with van der Waals surface area (Å²) in [5.41, 5.74) is 5.47. The van der Waals surface area contributed by atoms with Crippen LogP contribution < -0.4 is 0 Å². The van der Waals surface area contributed by atoms with Crippen molar-refractivity contribution in [3.63, 3.8) is 0 Å². The van der Waals surface area contributed by atoms with Gasteiger partial charge in [0.1, 0.15) is 10.4 Å². The Balaban J connectivity index is 2.15. The lowest BCUT2D eigenvalue weighted by Crippen LogP contribution is -1.95. The van der Waals surface area contributed by atoms with Crippen LogP contribution in [0.4, 0.5) is 0 Å². The normalized spacial score (nSPS) is 14.1. The van der Waals surface area contributed by atoms with E-state index in [1.165, 1.54) is 41.6 Å². The number of hydrogen-bond acceptors (Lipinski definition) is 1. The van der Waals surface area contributed by atoms with Crippen LogP contribution in [0.1, 0.15) is 23.4 Å². The summed E-state index contributed by atoms with van der Waals surface area (Å²) in [7, 11) is 2.07.